The Labute approximate surface area is 162 Å². The molecule has 0 aliphatic rings. The number of phenolic OH excluding ortho intramolecular Hbond substituents is 1. The lowest BCUT2D eigenvalue weighted by Gasteiger charge is -2.15. The highest BCUT2D eigenvalue weighted by Gasteiger charge is 2.14. The van der Waals surface area contributed by atoms with Crippen molar-refractivity contribution in [1.29, 1.82) is 0 Å². The van der Waals surface area contributed by atoms with E-state index in [1.165, 1.54) is 10.8 Å². The predicted octanol–water partition coefficient (Wildman–Crippen LogP) is 5.76. The molecule has 1 heterocycles. The number of aromatic hydroxyl groups is 1. The van der Waals surface area contributed by atoms with Crippen molar-refractivity contribution in [2.75, 3.05) is 7.11 Å². The second-order valence-electron chi connectivity index (χ2n) is 6.73. The van der Waals surface area contributed by atoms with Gasteiger partial charge in [-0.25, -0.2) is 4.98 Å². The summed E-state index contributed by atoms with van der Waals surface area (Å²) in [7, 11) is 1.56. The summed E-state index contributed by atoms with van der Waals surface area (Å²) in [6, 6.07) is 24.3. The fourth-order valence-corrected chi connectivity index (χ4v) is 3.76. The van der Waals surface area contributed by atoms with E-state index >= 15 is 0 Å². The van der Waals surface area contributed by atoms with Gasteiger partial charge in [0.05, 0.1) is 24.5 Å². The van der Waals surface area contributed by atoms with E-state index in [0.29, 0.717) is 5.75 Å². The van der Waals surface area contributed by atoms with Gasteiger partial charge in [-0.1, -0.05) is 48.5 Å². The number of hydrogen-bond donors (Lipinski definition) is 2. The van der Waals surface area contributed by atoms with Crippen LogP contribution in [0.3, 0.4) is 0 Å². The fourth-order valence-electron chi connectivity index (χ4n) is 3.76. The highest BCUT2D eigenvalue weighted by molar-refractivity contribution is 6.05. The van der Waals surface area contributed by atoms with Gasteiger partial charge in [0.1, 0.15) is 0 Å². The first-order valence-corrected chi connectivity index (χ1v) is 9.07. The van der Waals surface area contributed by atoms with Crippen molar-refractivity contribution < 1.29 is 9.84 Å². The van der Waals surface area contributed by atoms with Gasteiger partial charge in [-0.05, 0) is 57.3 Å². The molecule has 0 aliphatic carbocycles. The molecule has 136 valence electrons. The number of fused-ring (bicyclic) bond motifs is 2. The van der Waals surface area contributed by atoms with Crippen LogP contribution in [0.5, 0.6) is 11.5 Å². The molecular weight excluding hydrogens is 348 g/mol. The summed E-state index contributed by atoms with van der Waals surface area (Å²) < 4.78 is 5.32. The van der Waals surface area contributed by atoms with Crippen LogP contribution in [-0.2, 0) is 0 Å². The summed E-state index contributed by atoms with van der Waals surface area (Å²) in [5.41, 5.74) is 6.23. The Balaban J connectivity index is 1.83. The average molecular weight is 366 g/mol. The molecule has 4 nitrogen and oxygen atoms in total. The van der Waals surface area contributed by atoms with Gasteiger partial charge in [0.25, 0.3) is 0 Å². The van der Waals surface area contributed by atoms with Gasteiger partial charge < -0.3 is 14.8 Å². The highest BCUT2D eigenvalue weighted by Crippen LogP contribution is 2.41. The molecule has 2 N–H and O–H groups in total. The Morgan fingerprint density at radius 2 is 1.75 bits per heavy atom. The third kappa shape index (κ3) is 2.58. The van der Waals surface area contributed by atoms with Crippen LogP contribution in [-0.4, -0.2) is 22.2 Å². The maximum Gasteiger partial charge on any atom is 0.161 e. The van der Waals surface area contributed by atoms with Crippen LogP contribution in [0.4, 0.5) is 0 Å². The first-order valence-electron chi connectivity index (χ1n) is 9.07. The number of benzene rings is 4. The van der Waals surface area contributed by atoms with E-state index in [9.17, 15) is 5.11 Å². The largest absolute Gasteiger partial charge is 0.504 e. The molecule has 0 amide bonds. The third-order valence-corrected chi connectivity index (χ3v) is 5.13. The lowest BCUT2D eigenvalue weighted by molar-refractivity contribution is 0.373. The Kier molecular flexibility index (Phi) is 3.76. The lowest BCUT2D eigenvalue weighted by atomic mass is 9.89. The Bertz CT molecular complexity index is 1320. The number of hydrogen-bond acceptors (Lipinski definition) is 3. The number of ether oxygens (including phenoxy) is 1. The number of imidazole rings is 1. The van der Waals surface area contributed by atoms with Gasteiger partial charge in [0.15, 0.2) is 11.5 Å². The SMILES string of the molecule is COc1cc(-c2ccc3ccccc3c2-c2ccc3[nH]cnc3c2)ccc1O. The monoisotopic (exact) mass is 366 g/mol. The van der Waals surface area contributed by atoms with Crippen LogP contribution in [0, 0.1) is 0 Å². The summed E-state index contributed by atoms with van der Waals surface area (Å²) in [5.74, 6) is 0.589. The maximum atomic E-state index is 10.00. The number of methoxy groups -OCH3 is 1. The zero-order valence-electron chi connectivity index (χ0n) is 15.3. The molecule has 5 rings (SSSR count). The van der Waals surface area contributed by atoms with Crippen molar-refractivity contribution in [2.24, 2.45) is 0 Å². The zero-order valence-corrected chi connectivity index (χ0v) is 15.3. The third-order valence-electron chi connectivity index (χ3n) is 5.13. The van der Waals surface area contributed by atoms with Crippen molar-refractivity contribution >= 4 is 21.8 Å². The van der Waals surface area contributed by atoms with Crippen molar-refractivity contribution in [3.63, 3.8) is 0 Å². The maximum absolute atomic E-state index is 10.00. The van der Waals surface area contributed by atoms with Gasteiger partial charge in [-0.15, -0.1) is 0 Å². The minimum Gasteiger partial charge on any atom is -0.504 e. The minimum atomic E-state index is 0.131. The average Bonchev–Trinajstić information content (AvgIpc) is 3.21. The van der Waals surface area contributed by atoms with Gasteiger partial charge in [-0.3, -0.25) is 0 Å². The molecule has 0 fully saturated rings. The van der Waals surface area contributed by atoms with Crippen molar-refractivity contribution in [3.8, 4) is 33.8 Å². The quantitative estimate of drug-likeness (QED) is 0.426. The van der Waals surface area contributed by atoms with Crippen LogP contribution in [0.1, 0.15) is 0 Å². The molecule has 4 aromatic carbocycles. The second kappa shape index (κ2) is 6.43. The molecule has 28 heavy (non-hydrogen) atoms. The van der Waals surface area contributed by atoms with E-state index in [0.717, 1.165) is 33.3 Å². The van der Waals surface area contributed by atoms with E-state index in [4.69, 9.17) is 4.74 Å². The van der Waals surface area contributed by atoms with Gasteiger partial charge >= 0.3 is 0 Å². The zero-order chi connectivity index (χ0) is 19.1. The number of nitrogens with zero attached hydrogens (tertiary/aromatic N) is 1. The predicted molar refractivity (Wildman–Crippen MR) is 113 cm³/mol. The van der Waals surface area contributed by atoms with E-state index in [-0.39, 0.29) is 5.75 Å². The Morgan fingerprint density at radius 1 is 0.893 bits per heavy atom. The Hall–Kier alpha value is -3.79. The molecule has 0 aliphatic heterocycles. The number of nitrogens with one attached hydrogen (secondary N) is 1. The van der Waals surface area contributed by atoms with Gasteiger partial charge in [-0.2, -0.15) is 0 Å². The van der Waals surface area contributed by atoms with E-state index < -0.39 is 0 Å². The van der Waals surface area contributed by atoms with Gasteiger partial charge in [0, 0.05) is 0 Å². The molecule has 0 radical (unpaired) electrons. The van der Waals surface area contributed by atoms with Crippen molar-refractivity contribution in [2.45, 2.75) is 0 Å². The Morgan fingerprint density at radius 3 is 2.64 bits per heavy atom. The highest BCUT2D eigenvalue weighted by atomic mass is 16.5. The van der Waals surface area contributed by atoms with Crippen LogP contribution in [0.15, 0.2) is 79.1 Å². The van der Waals surface area contributed by atoms with E-state index in [1.54, 1.807) is 19.5 Å². The summed E-state index contributed by atoms with van der Waals surface area (Å²) >= 11 is 0. The molecule has 0 spiro atoms. The molecule has 4 heteroatoms. The molecule has 5 aromatic rings. The van der Waals surface area contributed by atoms with E-state index in [1.807, 2.05) is 18.2 Å². The second-order valence-corrected chi connectivity index (χ2v) is 6.73. The molecule has 0 saturated heterocycles. The molecular formula is C24H18N2O2. The lowest BCUT2D eigenvalue weighted by Crippen LogP contribution is -1.90. The molecule has 1 aromatic heterocycles. The smallest absolute Gasteiger partial charge is 0.161 e. The number of aromatic amines is 1. The summed E-state index contributed by atoms with van der Waals surface area (Å²) in [6.07, 6.45) is 1.71. The van der Waals surface area contributed by atoms with Crippen molar-refractivity contribution in [3.05, 3.63) is 79.1 Å². The number of phenols is 1. The van der Waals surface area contributed by atoms with Crippen LogP contribution in [0.2, 0.25) is 0 Å². The number of H-pyrrole nitrogens is 1. The van der Waals surface area contributed by atoms with Crippen LogP contribution >= 0.6 is 0 Å². The molecule has 0 saturated carbocycles. The number of rotatable bonds is 3. The molecule has 0 bridgehead atoms. The van der Waals surface area contributed by atoms with E-state index in [2.05, 4.69) is 58.5 Å². The fraction of sp³-hybridized carbons (Fsp3) is 0.0417. The summed E-state index contributed by atoms with van der Waals surface area (Å²) in [5, 5.41) is 12.3. The standard InChI is InChI=1S/C24H18N2O2/c1-28-23-13-16(8-11-22(23)27)19-9-6-15-4-2-3-5-18(15)24(19)17-7-10-20-21(12-17)26-14-25-20/h2-14,27H,1H3,(H,25,26). The summed E-state index contributed by atoms with van der Waals surface area (Å²) in [6.45, 7) is 0. The first-order chi connectivity index (χ1) is 13.7. The normalized spacial score (nSPS) is 11.2. The van der Waals surface area contributed by atoms with Crippen molar-refractivity contribution in [1.82, 2.24) is 9.97 Å². The topological polar surface area (TPSA) is 58.1 Å². The first kappa shape index (κ1) is 16.4. The van der Waals surface area contributed by atoms with Gasteiger partial charge in [0.2, 0.25) is 0 Å². The summed E-state index contributed by atoms with van der Waals surface area (Å²) in [4.78, 5) is 7.57. The molecule has 0 unspecified atom stereocenters. The minimum absolute atomic E-state index is 0.131. The number of aromatic nitrogens is 2. The molecule has 0 atom stereocenters. The van der Waals surface area contributed by atoms with Crippen LogP contribution in [0.25, 0.3) is 44.1 Å². The van der Waals surface area contributed by atoms with Crippen LogP contribution < -0.4 is 4.74 Å².